The van der Waals surface area contributed by atoms with Gasteiger partial charge in [-0.05, 0) is 66.7 Å². The van der Waals surface area contributed by atoms with Crippen LogP contribution in [0.25, 0.3) is 0 Å². The number of rotatable bonds is 7. The van der Waals surface area contributed by atoms with Gasteiger partial charge in [0.1, 0.15) is 5.75 Å². The van der Waals surface area contributed by atoms with Crippen LogP contribution < -0.4 is 10.1 Å². The molecule has 1 aromatic rings. The van der Waals surface area contributed by atoms with Crippen LogP contribution in [0.3, 0.4) is 0 Å². The molecule has 0 bridgehead atoms. The molecular formula is C12H18INO. The van der Waals surface area contributed by atoms with Gasteiger partial charge in [-0.15, -0.1) is 0 Å². The van der Waals surface area contributed by atoms with Gasteiger partial charge < -0.3 is 10.1 Å². The molecule has 0 unspecified atom stereocenters. The standard InChI is InChI=1S/C12H18INO/c1-2-14-8-3-4-9-15-12-7-5-6-11(13)10-12/h5-7,10,14H,2-4,8-9H2,1H3. The first-order chi connectivity index (χ1) is 7.33. The summed E-state index contributed by atoms with van der Waals surface area (Å²) >= 11 is 2.29. The number of unbranched alkanes of at least 4 members (excludes halogenated alkanes) is 1. The topological polar surface area (TPSA) is 21.3 Å². The Hall–Kier alpha value is -0.290. The minimum Gasteiger partial charge on any atom is -0.494 e. The van der Waals surface area contributed by atoms with Crippen LogP contribution in [0.1, 0.15) is 19.8 Å². The molecule has 0 spiro atoms. The van der Waals surface area contributed by atoms with Crippen LogP contribution in [0.4, 0.5) is 0 Å². The van der Waals surface area contributed by atoms with Crippen molar-refractivity contribution in [2.45, 2.75) is 19.8 Å². The fourth-order valence-electron chi connectivity index (χ4n) is 1.28. The summed E-state index contributed by atoms with van der Waals surface area (Å²) in [6.07, 6.45) is 2.29. The summed E-state index contributed by atoms with van der Waals surface area (Å²) in [6, 6.07) is 8.16. The molecule has 0 saturated carbocycles. The molecule has 0 fully saturated rings. The second kappa shape index (κ2) is 7.93. The van der Waals surface area contributed by atoms with Crippen molar-refractivity contribution in [1.82, 2.24) is 5.32 Å². The van der Waals surface area contributed by atoms with E-state index in [9.17, 15) is 0 Å². The molecule has 0 aromatic heterocycles. The van der Waals surface area contributed by atoms with Gasteiger partial charge in [-0.2, -0.15) is 0 Å². The fraction of sp³-hybridized carbons (Fsp3) is 0.500. The summed E-state index contributed by atoms with van der Waals surface area (Å²) in [4.78, 5) is 0. The quantitative estimate of drug-likeness (QED) is 0.616. The van der Waals surface area contributed by atoms with Gasteiger partial charge >= 0.3 is 0 Å². The highest BCUT2D eigenvalue weighted by Gasteiger charge is 1.94. The van der Waals surface area contributed by atoms with Crippen LogP contribution in [-0.4, -0.2) is 19.7 Å². The molecule has 0 amide bonds. The van der Waals surface area contributed by atoms with Gasteiger partial charge in [-0.25, -0.2) is 0 Å². The van der Waals surface area contributed by atoms with Crippen LogP contribution in [0.2, 0.25) is 0 Å². The van der Waals surface area contributed by atoms with Gasteiger partial charge in [0.2, 0.25) is 0 Å². The van der Waals surface area contributed by atoms with Crippen molar-refractivity contribution in [2.75, 3.05) is 19.7 Å². The van der Waals surface area contributed by atoms with Crippen LogP contribution in [0.5, 0.6) is 5.75 Å². The predicted molar refractivity (Wildman–Crippen MR) is 72.4 cm³/mol. The van der Waals surface area contributed by atoms with E-state index in [1.807, 2.05) is 12.1 Å². The van der Waals surface area contributed by atoms with Crippen molar-refractivity contribution < 1.29 is 4.74 Å². The number of nitrogens with one attached hydrogen (secondary N) is 1. The molecule has 1 rings (SSSR count). The Morgan fingerprint density at radius 2 is 2.20 bits per heavy atom. The smallest absolute Gasteiger partial charge is 0.120 e. The molecule has 0 radical (unpaired) electrons. The Bertz CT molecular complexity index is 278. The highest BCUT2D eigenvalue weighted by atomic mass is 127. The largest absolute Gasteiger partial charge is 0.494 e. The Balaban J connectivity index is 2.10. The molecule has 0 saturated heterocycles. The zero-order valence-corrected chi connectivity index (χ0v) is 11.3. The van der Waals surface area contributed by atoms with Crippen LogP contribution in [0, 0.1) is 3.57 Å². The summed E-state index contributed by atoms with van der Waals surface area (Å²) in [5, 5.41) is 3.30. The third-order valence-corrected chi connectivity index (χ3v) is 2.73. The second-order valence-electron chi connectivity index (χ2n) is 3.37. The Morgan fingerprint density at radius 3 is 2.93 bits per heavy atom. The number of hydrogen-bond donors (Lipinski definition) is 1. The molecule has 1 aromatic carbocycles. The van der Waals surface area contributed by atoms with Crippen molar-refractivity contribution in [3.8, 4) is 5.75 Å². The van der Waals surface area contributed by atoms with E-state index < -0.39 is 0 Å². The van der Waals surface area contributed by atoms with Crippen molar-refractivity contribution in [3.05, 3.63) is 27.8 Å². The number of hydrogen-bond acceptors (Lipinski definition) is 2. The first-order valence-corrected chi connectivity index (χ1v) is 6.50. The van der Waals surface area contributed by atoms with E-state index in [4.69, 9.17) is 4.74 Å². The Labute approximate surface area is 106 Å². The average molecular weight is 319 g/mol. The molecular weight excluding hydrogens is 301 g/mol. The van der Waals surface area contributed by atoms with Crippen LogP contribution in [-0.2, 0) is 0 Å². The average Bonchev–Trinajstić information content (AvgIpc) is 2.23. The van der Waals surface area contributed by atoms with Crippen LogP contribution >= 0.6 is 22.6 Å². The first-order valence-electron chi connectivity index (χ1n) is 5.42. The molecule has 0 heterocycles. The number of benzene rings is 1. The SMILES string of the molecule is CCNCCCCOc1cccc(I)c1. The third kappa shape index (κ3) is 5.99. The van der Waals surface area contributed by atoms with Gasteiger partial charge in [0.25, 0.3) is 0 Å². The summed E-state index contributed by atoms with van der Waals surface area (Å²) in [7, 11) is 0. The van der Waals surface area contributed by atoms with Crippen LogP contribution in [0.15, 0.2) is 24.3 Å². The number of ether oxygens (including phenoxy) is 1. The predicted octanol–water partition coefficient (Wildman–Crippen LogP) is 3.06. The van der Waals surface area contributed by atoms with Crippen molar-refractivity contribution in [3.63, 3.8) is 0 Å². The normalized spacial score (nSPS) is 10.3. The maximum absolute atomic E-state index is 5.63. The van der Waals surface area contributed by atoms with E-state index in [1.165, 1.54) is 9.99 Å². The minimum absolute atomic E-state index is 0.811. The van der Waals surface area contributed by atoms with E-state index in [0.29, 0.717) is 0 Å². The lowest BCUT2D eigenvalue weighted by Gasteiger charge is -2.06. The summed E-state index contributed by atoms with van der Waals surface area (Å²) in [6.45, 7) is 5.08. The number of halogens is 1. The summed E-state index contributed by atoms with van der Waals surface area (Å²) in [5.41, 5.74) is 0. The van der Waals surface area contributed by atoms with Gasteiger partial charge in [0.15, 0.2) is 0 Å². The maximum Gasteiger partial charge on any atom is 0.120 e. The lowest BCUT2D eigenvalue weighted by Crippen LogP contribution is -2.14. The van der Waals surface area contributed by atoms with Gasteiger partial charge in [-0.3, -0.25) is 0 Å². The summed E-state index contributed by atoms with van der Waals surface area (Å²) < 4.78 is 6.85. The van der Waals surface area contributed by atoms with Crippen molar-refractivity contribution in [1.29, 1.82) is 0 Å². The first kappa shape index (κ1) is 12.8. The lowest BCUT2D eigenvalue weighted by atomic mass is 10.3. The Kier molecular flexibility index (Phi) is 6.76. The highest BCUT2D eigenvalue weighted by Crippen LogP contribution is 2.14. The van der Waals surface area contributed by atoms with E-state index >= 15 is 0 Å². The van der Waals surface area contributed by atoms with Crippen molar-refractivity contribution in [2.24, 2.45) is 0 Å². The fourth-order valence-corrected chi connectivity index (χ4v) is 1.79. The van der Waals surface area contributed by atoms with E-state index in [1.54, 1.807) is 0 Å². The zero-order chi connectivity index (χ0) is 10.9. The van der Waals surface area contributed by atoms with E-state index in [2.05, 4.69) is 47.0 Å². The second-order valence-corrected chi connectivity index (χ2v) is 4.61. The molecule has 0 aliphatic carbocycles. The lowest BCUT2D eigenvalue weighted by molar-refractivity contribution is 0.306. The molecule has 0 aliphatic rings. The van der Waals surface area contributed by atoms with E-state index in [-0.39, 0.29) is 0 Å². The molecule has 0 aliphatic heterocycles. The molecule has 3 heteroatoms. The Morgan fingerprint density at radius 1 is 1.33 bits per heavy atom. The van der Waals surface area contributed by atoms with Gasteiger partial charge in [0.05, 0.1) is 6.61 Å². The molecule has 1 N–H and O–H groups in total. The minimum atomic E-state index is 0.811. The summed E-state index contributed by atoms with van der Waals surface area (Å²) in [5.74, 6) is 0.977. The van der Waals surface area contributed by atoms with E-state index in [0.717, 1.165) is 31.9 Å². The van der Waals surface area contributed by atoms with Crippen molar-refractivity contribution >= 4 is 22.6 Å². The maximum atomic E-state index is 5.63. The van der Waals surface area contributed by atoms with Gasteiger partial charge in [-0.1, -0.05) is 13.0 Å². The molecule has 2 nitrogen and oxygen atoms in total. The van der Waals surface area contributed by atoms with Gasteiger partial charge in [0, 0.05) is 3.57 Å². The zero-order valence-electron chi connectivity index (χ0n) is 9.13. The third-order valence-electron chi connectivity index (χ3n) is 2.06. The monoisotopic (exact) mass is 319 g/mol. The molecule has 84 valence electrons. The highest BCUT2D eigenvalue weighted by molar-refractivity contribution is 14.1. The molecule has 0 atom stereocenters. The molecule has 15 heavy (non-hydrogen) atoms.